The van der Waals surface area contributed by atoms with Crippen LogP contribution in [0, 0.1) is 5.82 Å². The normalized spacial score (nSPS) is 17.3. The topological polar surface area (TPSA) is 52.5 Å². The van der Waals surface area contributed by atoms with Gasteiger partial charge in [0.15, 0.2) is 5.78 Å². The summed E-state index contributed by atoms with van der Waals surface area (Å²) in [7, 11) is 0.467. The number of halogens is 2. The van der Waals surface area contributed by atoms with Crippen molar-refractivity contribution >= 4 is 49.7 Å². The highest BCUT2D eigenvalue weighted by atomic mass is 35.5. The Morgan fingerprint density at radius 1 is 1.26 bits per heavy atom. The van der Waals surface area contributed by atoms with E-state index in [9.17, 15) is 13.7 Å². The first kappa shape index (κ1) is 23.8. The predicted octanol–water partition coefficient (Wildman–Crippen LogP) is 6.17. The molecule has 0 N–H and O–H groups in total. The van der Waals surface area contributed by atoms with Crippen LogP contribution in [0.15, 0.2) is 59.1 Å². The lowest BCUT2D eigenvalue weighted by atomic mass is 9.89. The third-order valence-corrected chi connectivity index (χ3v) is 8.18. The van der Waals surface area contributed by atoms with Crippen molar-refractivity contribution in [2.24, 2.45) is 4.99 Å². The first-order chi connectivity index (χ1) is 14.8. The number of rotatable bonds is 6. The molecule has 1 aliphatic rings. The molecular weight excluding hydrogens is 453 g/mol. The third-order valence-electron chi connectivity index (χ3n) is 4.83. The third kappa shape index (κ3) is 5.69. The molecular formula is C24H23ClFNO2S2. The van der Waals surface area contributed by atoms with E-state index in [1.807, 2.05) is 32.1 Å². The summed E-state index contributed by atoms with van der Waals surface area (Å²) in [6, 6.07) is 10.3. The van der Waals surface area contributed by atoms with Crippen LogP contribution in [0.25, 0.3) is 5.57 Å². The Hall–Kier alpha value is -1.86. The summed E-state index contributed by atoms with van der Waals surface area (Å²) in [5, 5.41) is 0.281. The number of hydrogen-bond acceptors (Lipinski definition) is 4. The van der Waals surface area contributed by atoms with Gasteiger partial charge in [-0.2, -0.15) is 0 Å². The monoisotopic (exact) mass is 475 g/mol. The number of aliphatic imine (C=N–C) groups is 1. The Morgan fingerprint density at radius 2 is 2.00 bits per heavy atom. The molecule has 0 aromatic heterocycles. The Kier molecular flexibility index (Phi) is 8.17. The molecule has 0 saturated carbocycles. The summed E-state index contributed by atoms with van der Waals surface area (Å²) in [4.78, 5) is 16.6. The van der Waals surface area contributed by atoms with E-state index < -0.39 is 16.0 Å². The fourth-order valence-electron chi connectivity index (χ4n) is 3.46. The van der Waals surface area contributed by atoms with Crippen LogP contribution in [-0.2, 0) is 20.8 Å². The van der Waals surface area contributed by atoms with Gasteiger partial charge in [-0.05, 0) is 73.4 Å². The number of carbonyl (C=O) groups is 1. The van der Waals surface area contributed by atoms with Crippen molar-refractivity contribution in [2.45, 2.75) is 26.5 Å². The van der Waals surface area contributed by atoms with E-state index in [2.05, 4.69) is 6.07 Å². The van der Waals surface area contributed by atoms with Crippen molar-refractivity contribution in [3.05, 3.63) is 87.2 Å². The van der Waals surface area contributed by atoms with Crippen LogP contribution in [0.2, 0.25) is 5.02 Å². The molecule has 1 aliphatic heterocycles. The number of benzene rings is 2. The van der Waals surface area contributed by atoms with Gasteiger partial charge in [0.2, 0.25) is 0 Å². The van der Waals surface area contributed by atoms with E-state index in [-0.39, 0.29) is 10.8 Å². The van der Waals surface area contributed by atoms with Gasteiger partial charge in [0.1, 0.15) is 11.6 Å². The number of fused-ring (bicyclic) bond motifs is 1. The highest BCUT2D eigenvalue weighted by molar-refractivity contribution is 8.71. The smallest absolute Gasteiger partial charge is 0.152 e. The molecule has 0 saturated heterocycles. The lowest BCUT2D eigenvalue weighted by molar-refractivity contribution is -0.112. The van der Waals surface area contributed by atoms with Gasteiger partial charge in [0, 0.05) is 21.3 Å². The van der Waals surface area contributed by atoms with Crippen LogP contribution in [-0.4, -0.2) is 28.3 Å². The number of hydrogen-bond donors (Lipinski definition) is 0. The van der Waals surface area contributed by atoms with Crippen molar-refractivity contribution in [1.82, 2.24) is 0 Å². The Morgan fingerprint density at radius 3 is 2.65 bits per heavy atom. The maximum absolute atomic E-state index is 13.6. The standard InChI is InChI=1S/C24H23ClFNO2S2/c1-4-19-17(10-15(3)28)13-27-24(21-9-7-18(26)12-23(21)25)20-8-6-16(11-22(19)20)14-30-31(29)5-2/h4,6-12H,5,13-14H2,1-3H3/b17-10-,19-4+. The van der Waals surface area contributed by atoms with Gasteiger partial charge in [-0.3, -0.25) is 9.79 Å². The summed E-state index contributed by atoms with van der Waals surface area (Å²) in [6.07, 6.45) is 3.57. The van der Waals surface area contributed by atoms with Crippen molar-refractivity contribution in [3.63, 3.8) is 0 Å². The second-order valence-corrected chi connectivity index (χ2v) is 10.9. The summed E-state index contributed by atoms with van der Waals surface area (Å²) in [5.74, 6) is 0.742. The quantitative estimate of drug-likeness (QED) is 0.285. The number of ketones is 1. The second kappa shape index (κ2) is 10.6. The highest BCUT2D eigenvalue weighted by Gasteiger charge is 2.23. The molecule has 31 heavy (non-hydrogen) atoms. The fourth-order valence-corrected chi connectivity index (χ4v) is 5.63. The van der Waals surface area contributed by atoms with Crippen LogP contribution in [0.5, 0.6) is 0 Å². The first-order valence-electron chi connectivity index (χ1n) is 9.87. The van der Waals surface area contributed by atoms with Crippen LogP contribution < -0.4 is 0 Å². The highest BCUT2D eigenvalue weighted by Crippen LogP contribution is 2.35. The molecule has 0 amide bonds. The van der Waals surface area contributed by atoms with Crippen molar-refractivity contribution in [3.8, 4) is 0 Å². The Labute approximate surface area is 194 Å². The SMILES string of the molecule is C/C=C1\C(=C/C(C)=O)CN=C(c2ccc(F)cc2Cl)c2ccc(CS[S+]([O-])CC)cc21. The minimum Gasteiger partial charge on any atom is -0.605 e. The average Bonchev–Trinajstić information content (AvgIpc) is 2.87. The molecule has 1 unspecified atom stereocenters. The van der Waals surface area contributed by atoms with Crippen LogP contribution in [0.3, 0.4) is 0 Å². The molecule has 2 aromatic rings. The molecule has 0 radical (unpaired) electrons. The lowest BCUT2D eigenvalue weighted by Gasteiger charge is -2.15. The van der Waals surface area contributed by atoms with Gasteiger partial charge in [0.25, 0.3) is 0 Å². The Bertz CT molecular complexity index is 1090. The van der Waals surface area contributed by atoms with Crippen molar-refractivity contribution in [1.29, 1.82) is 0 Å². The lowest BCUT2D eigenvalue weighted by Crippen LogP contribution is -2.07. The zero-order chi connectivity index (χ0) is 22.5. The minimum absolute atomic E-state index is 0.0561. The maximum atomic E-state index is 13.6. The van der Waals surface area contributed by atoms with E-state index in [0.29, 0.717) is 29.3 Å². The van der Waals surface area contributed by atoms with E-state index in [1.54, 1.807) is 12.1 Å². The summed E-state index contributed by atoms with van der Waals surface area (Å²) in [6.45, 7) is 5.64. The molecule has 3 rings (SSSR count). The molecule has 1 heterocycles. The van der Waals surface area contributed by atoms with Crippen molar-refractivity contribution in [2.75, 3.05) is 12.3 Å². The molecule has 0 spiro atoms. The number of allylic oxidation sites excluding steroid dienone is 2. The van der Waals surface area contributed by atoms with E-state index in [1.165, 1.54) is 29.9 Å². The van der Waals surface area contributed by atoms with Gasteiger partial charge in [0.05, 0.1) is 33.8 Å². The number of nitrogens with zero attached hydrogens (tertiary/aromatic N) is 1. The molecule has 2 aromatic carbocycles. The van der Waals surface area contributed by atoms with Crippen LogP contribution in [0.4, 0.5) is 4.39 Å². The maximum Gasteiger partial charge on any atom is 0.152 e. The molecule has 0 aliphatic carbocycles. The fraction of sp³-hybridized carbons (Fsp3) is 0.250. The predicted molar refractivity (Wildman–Crippen MR) is 131 cm³/mol. The second-order valence-electron chi connectivity index (χ2n) is 7.01. The van der Waals surface area contributed by atoms with Gasteiger partial charge >= 0.3 is 0 Å². The van der Waals surface area contributed by atoms with E-state index in [4.69, 9.17) is 16.6 Å². The summed E-state index contributed by atoms with van der Waals surface area (Å²) in [5.41, 5.74) is 5.84. The zero-order valence-corrected chi connectivity index (χ0v) is 20.0. The molecule has 1 atom stereocenters. The average molecular weight is 476 g/mol. The minimum atomic E-state index is -0.931. The van der Waals surface area contributed by atoms with E-state index >= 15 is 0 Å². The zero-order valence-electron chi connectivity index (χ0n) is 17.6. The number of carbonyl (C=O) groups excluding carboxylic acids is 1. The molecule has 7 heteroatoms. The Balaban J connectivity index is 2.18. The van der Waals surface area contributed by atoms with E-state index in [0.717, 1.165) is 27.8 Å². The van der Waals surface area contributed by atoms with Gasteiger partial charge in [-0.15, -0.1) is 0 Å². The molecule has 162 valence electrons. The summed E-state index contributed by atoms with van der Waals surface area (Å²) >= 11 is 6.36. The van der Waals surface area contributed by atoms with Gasteiger partial charge in [-0.25, -0.2) is 4.39 Å². The van der Waals surface area contributed by atoms with Crippen LogP contribution in [0.1, 0.15) is 43.0 Å². The van der Waals surface area contributed by atoms with Gasteiger partial charge < -0.3 is 4.55 Å². The van der Waals surface area contributed by atoms with Crippen LogP contribution >= 0.6 is 22.4 Å². The molecule has 3 nitrogen and oxygen atoms in total. The first-order valence-corrected chi connectivity index (χ1v) is 13.1. The largest absolute Gasteiger partial charge is 0.605 e. The summed E-state index contributed by atoms with van der Waals surface area (Å²) < 4.78 is 25.5. The van der Waals surface area contributed by atoms with Crippen molar-refractivity contribution < 1.29 is 13.7 Å². The molecule has 0 bridgehead atoms. The molecule has 0 fully saturated rings. The van der Waals surface area contributed by atoms with Gasteiger partial charge in [-0.1, -0.05) is 29.8 Å².